The van der Waals surface area contributed by atoms with Gasteiger partial charge in [0.1, 0.15) is 0 Å². The topological polar surface area (TPSA) is 75.2 Å². The maximum absolute atomic E-state index is 12.3. The molecular weight excluding hydrogens is 376 g/mol. The van der Waals surface area contributed by atoms with Crippen molar-refractivity contribution in [3.8, 4) is 0 Å². The zero-order chi connectivity index (χ0) is 20.9. The highest BCUT2D eigenvalue weighted by atomic mass is 16.2. The van der Waals surface area contributed by atoms with Crippen molar-refractivity contribution in [2.45, 2.75) is 20.0 Å². The van der Waals surface area contributed by atoms with Gasteiger partial charge in [0.2, 0.25) is 5.91 Å². The fourth-order valence-electron chi connectivity index (χ4n) is 3.68. The van der Waals surface area contributed by atoms with Gasteiger partial charge in [0.05, 0.1) is 6.54 Å². The molecule has 0 aliphatic heterocycles. The number of benzene rings is 3. The van der Waals surface area contributed by atoms with Crippen LogP contribution in [0.2, 0.25) is 0 Å². The summed E-state index contributed by atoms with van der Waals surface area (Å²) in [7, 11) is 0. The summed E-state index contributed by atoms with van der Waals surface area (Å²) >= 11 is 0. The Labute approximate surface area is 174 Å². The van der Waals surface area contributed by atoms with Crippen LogP contribution in [0, 0.1) is 0 Å². The molecule has 0 aliphatic rings. The van der Waals surface area contributed by atoms with Crippen molar-refractivity contribution in [1.29, 1.82) is 0 Å². The lowest BCUT2D eigenvalue weighted by molar-refractivity contribution is -0.115. The van der Waals surface area contributed by atoms with Gasteiger partial charge in [0.15, 0.2) is 0 Å². The number of fused-ring (bicyclic) bond motifs is 3. The van der Waals surface area contributed by atoms with E-state index in [9.17, 15) is 9.59 Å². The van der Waals surface area contributed by atoms with Crippen LogP contribution in [0.25, 0.3) is 21.8 Å². The fourth-order valence-corrected chi connectivity index (χ4v) is 3.68. The number of rotatable bonds is 6. The monoisotopic (exact) mass is 400 g/mol. The predicted octanol–water partition coefficient (Wildman–Crippen LogP) is 4.25. The van der Waals surface area contributed by atoms with Gasteiger partial charge in [-0.2, -0.15) is 0 Å². The first-order valence-corrected chi connectivity index (χ1v) is 10.0. The summed E-state index contributed by atoms with van der Waals surface area (Å²) in [6, 6.07) is 23.4. The molecule has 0 saturated carbocycles. The van der Waals surface area contributed by atoms with Crippen LogP contribution in [0.4, 0.5) is 10.5 Å². The van der Waals surface area contributed by atoms with E-state index in [1.807, 2.05) is 60.7 Å². The van der Waals surface area contributed by atoms with E-state index in [1.165, 1.54) is 5.52 Å². The van der Waals surface area contributed by atoms with Crippen molar-refractivity contribution in [2.75, 3.05) is 11.9 Å². The Morgan fingerprint density at radius 1 is 0.833 bits per heavy atom. The van der Waals surface area contributed by atoms with Gasteiger partial charge in [-0.3, -0.25) is 4.79 Å². The molecule has 0 atom stereocenters. The van der Waals surface area contributed by atoms with E-state index in [4.69, 9.17) is 0 Å². The van der Waals surface area contributed by atoms with Crippen molar-refractivity contribution >= 4 is 39.4 Å². The van der Waals surface area contributed by atoms with Crippen LogP contribution < -0.4 is 16.0 Å². The van der Waals surface area contributed by atoms with Gasteiger partial charge in [-0.15, -0.1) is 0 Å². The lowest BCUT2D eigenvalue weighted by Gasteiger charge is -2.09. The normalized spacial score (nSPS) is 10.8. The molecule has 0 unspecified atom stereocenters. The van der Waals surface area contributed by atoms with Crippen LogP contribution >= 0.6 is 0 Å². The summed E-state index contributed by atoms with van der Waals surface area (Å²) in [5.74, 6) is -0.275. The molecule has 1 heterocycles. The van der Waals surface area contributed by atoms with Crippen molar-refractivity contribution < 1.29 is 9.59 Å². The van der Waals surface area contributed by atoms with Crippen LogP contribution in [-0.4, -0.2) is 23.1 Å². The third-order valence-electron chi connectivity index (χ3n) is 5.08. The average Bonchev–Trinajstić information content (AvgIpc) is 3.10. The number of aryl methyl sites for hydroxylation is 1. The molecule has 1 aromatic heterocycles. The number of nitrogens with zero attached hydrogens (tertiary/aromatic N) is 1. The van der Waals surface area contributed by atoms with E-state index in [-0.39, 0.29) is 18.5 Å². The minimum Gasteiger partial charge on any atom is -0.341 e. The van der Waals surface area contributed by atoms with Crippen LogP contribution in [0.3, 0.4) is 0 Å². The number of hydrogen-bond acceptors (Lipinski definition) is 2. The number of nitrogens with one attached hydrogen (secondary N) is 3. The molecule has 3 N–H and O–H groups in total. The number of hydrogen-bond donors (Lipinski definition) is 3. The zero-order valence-corrected chi connectivity index (χ0v) is 16.8. The Kier molecular flexibility index (Phi) is 5.66. The quantitative estimate of drug-likeness (QED) is 0.453. The molecule has 0 radical (unpaired) electrons. The van der Waals surface area contributed by atoms with Crippen LogP contribution in [0.1, 0.15) is 12.5 Å². The standard InChI is InChI=1S/C24H24N4O2/c1-2-28-21-11-7-6-10-19(21)20-14-18(12-13-22(20)28)27-23(29)16-26-24(30)25-15-17-8-4-3-5-9-17/h3-14H,2,15-16H2,1H3,(H,27,29)(H2,25,26,30). The van der Waals surface area contributed by atoms with Crippen molar-refractivity contribution in [2.24, 2.45) is 0 Å². The summed E-state index contributed by atoms with van der Waals surface area (Å²) in [6.45, 7) is 3.30. The Morgan fingerprint density at radius 3 is 2.37 bits per heavy atom. The predicted molar refractivity (Wildman–Crippen MR) is 120 cm³/mol. The number of para-hydroxylation sites is 1. The van der Waals surface area contributed by atoms with Crippen LogP contribution in [0.15, 0.2) is 72.8 Å². The first-order valence-electron chi connectivity index (χ1n) is 10.0. The molecular formula is C24H24N4O2. The summed E-state index contributed by atoms with van der Waals surface area (Å²) in [5.41, 5.74) is 4.01. The third-order valence-corrected chi connectivity index (χ3v) is 5.08. The molecule has 3 amide bonds. The van der Waals surface area contributed by atoms with Crippen molar-refractivity contribution in [3.05, 3.63) is 78.4 Å². The van der Waals surface area contributed by atoms with E-state index in [0.29, 0.717) is 12.2 Å². The Balaban J connectivity index is 1.38. The molecule has 152 valence electrons. The van der Waals surface area contributed by atoms with Crippen LogP contribution in [0.5, 0.6) is 0 Å². The lowest BCUT2D eigenvalue weighted by Crippen LogP contribution is -2.39. The number of carbonyl (C=O) groups is 2. The Bertz CT molecular complexity index is 1200. The molecule has 6 heteroatoms. The van der Waals surface area contributed by atoms with Crippen LogP contribution in [-0.2, 0) is 17.9 Å². The van der Waals surface area contributed by atoms with E-state index in [0.717, 1.165) is 28.4 Å². The molecule has 0 aliphatic carbocycles. The number of aromatic nitrogens is 1. The second kappa shape index (κ2) is 8.69. The first kappa shape index (κ1) is 19.5. The summed E-state index contributed by atoms with van der Waals surface area (Å²) in [6.07, 6.45) is 0. The van der Waals surface area contributed by atoms with Gasteiger partial charge in [-0.05, 0) is 36.8 Å². The maximum atomic E-state index is 12.3. The highest BCUT2D eigenvalue weighted by Crippen LogP contribution is 2.30. The number of amides is 3. The SMILES string of the molecule is CCn1c2ccccc2c2cc(NC(=O)CNC(=O)NCc3ccccc3)ccc21. The molecule has 4 aromatic rings. The second-order valence-electron chi connectivity index (χ2n) is 7.06. The minimum absolute atomic E-state index is 0.102. The molecule has 4 rings (SSSR count). The highest BCUT2D eigenvalue weighted by molar-refractivity contribution is 6.10. The van der Waals surface area contributed by atoms with Gasteiger partial charge in [0, 0.05) is 40.6 Å². The number of urea groups is 1. The van der Waals surface area contributed by atoms with Gasteiger partial charge in [-0.1, -0.05) is 48.5 Å². The Hall–Kier alpha value is -3.80. The molecule has 0 saturated heterocycles. The summed E-state index contributed by atoms with van der Waals surface area (Å²) in [5, 5.41) is 10.4. The van der Waals surface area contributed by atoms with Gasteiger partial charge in [0.25, 0.3) is 0 Å². The summed E-state index contributed by atoms with van der Waals surface area (Å²) < 4.78 is 2.26. The Morgan fingerprint density at radius 2 is 1.57 bits per heavy atom. The summed E-state index contributed by atoms with van der Waals surface area (Å²) in [4.78, 5) is 24.2. The third kappa shape index (κ3) is 4.12. The van der Waals surface area contributed by atoms with E-state index < -0.39 is 0 Å². The van der Waals surface area contributed by atoms with E-state index in [1.54, 1.807) is 0 Å². The van der Waals surface area contributed by atoms with E-state index >= 15 is 0 Å². The fraction of sp³-hybridized carbons (Fsp3) is 0.167. The molecule has 6 nitrogen and oxygen atoms in total. The van der Waals surface area contributed by atoms with Gasteiger partial charge in [-0.25, -0.2) is 4.79 Å². The van der Waals surface area contributed by atoms with Crippen molar-refractivity contribution in [1.82, 2.24) is 15.2 Å². The molecule has 0 bridgehead atoms. The van der Waals surface area contributed by atoms with E-state index in [2.05, 4.69) is 39.6 Å². The zero-order valence-electron chi connectivity index (χ0n) is 16.8. The van der Waals surface area contributed by atoms with Gasteiger partial charge >= 0.3 is 6.03 Å². The van der Waals surface area contributed by atoms with Gasteiger partial charge < -0.3 is 20.5 Å². The number of anilines is 1. The largest absolute Gasteiger partial charge is 0.341 e. The maximum Gasteiger partial charge on any atom is 0.315 e. The van der Waals surface area contributed by atoms with Crippen molar-refractivity contribution in [3.63, 3.8) is 0 Å². The second-order valence-corrected chi connectivity index (χ2v) is 7.06. The molecule has 0 spiro atoms. The first-order chi connectivity index (χ1) is 14.7. The lowest BCUT2D eigenvalue weighted by atomic mass is 10.1. The highest BCUT2D eigenvalue weighted by Gasteiger charge is 2.11. The average molecular weight is 400 g/mol. The molecule has 0 fully saturated rings. The minimum atomic E-state index is -0.379. The molecule has 30 heavy (non-hydrogen) atoms. The smallest absolute Gasteiger partial charge is 0.315 e. The molecule has 3 aromatic carbocycles. The number of carbonyl (C=O) groups excluding carboxylic acids is 2.